The first-order valence-corrected chi connectivity index (χ1v) is 6.54. The van der Waals surface area contributed by atoms with E-state index in [-0.39, 0.29) is 0 Å². The van der Waals surface area contributed by atoms with Crippen molar-refractivity contribution < 1.29 is 4.74 Å². The smallest absolute Gasteiger partial charge is 0.140 e. The monoisotopic (exact) mass is 260 g/mol. The van der Waals surface area contributed by atoms with Gasteiger partial charge in [0, 0.05) is 18.7 Å². The third-order valence-electron chi connectivity index (χ3n) is 2.92. The lowest BCUT2D eigenvalue weighted by molar-refractivity contribution is 0.407. The van der Waals surface area contributed by atoms with Crippen LogP contribution in [0.25, 0.3) is 0 Å². The number of hydrogen-bond donors (Lipinski definition) is 1. The molecule has 0 amide bonds. The average molecular weight is 260 g/mol. The Morgan fingerprint density at radius 2 is 2.11 bits per heavy atom. The molecule has 0 aliphatic heterocycles. The molecule has 1 heterocycles. The zero-order chi connectivity index (χ0) is 13.5. The van der Waals surface area contributed by atoms with Gasteiger partial charge in [0.1, 0.15) is 17.9 Å². The summed E-state index contributed by atoms with van der Waals surface area (Å²) in [7, 11) is 1.69. The van der Waals surface area contributed by atoms with Gasteiger partial charge in [-0.3, -0.25) is 0 Å². The number of aryl methyl sites for hydroxylation is 1. The Labute approximate surface area is 113 Å². The summed E-state index contributed by atoms with van der Waals surface area (Å²) in [6, 6.07) is 8.01. The van der Waals surface area contributed by atoms with Gasteiger partial charge in [-0.2, -0.15) is 5.10 Å². The lowest BCUT2D eigenvalue weighted by Crippen LogP contribution is -2.17. The summed E-state index contributed by atoms with van der Waals surface area (Å²) in [5.74, 6) is 1.88. The molecular weight excluding hydrogens is 240 g/mol. The van der Waals surface area contributed by atoms with E-state index >= 15 is 0 Å². The van der Waals surface area contributed by atoms with Gasteiger partial charge < -0.3 is 10.1 Å². The lowest BCUT2D eigenvalue weighted by Gasteiger charge is -2.09. The number of benzene rings is 1. The Bertz CT molecular complexity index is 510. The second-order valence-corrected chi connectivity index (χ2v) is 4.31. The third-order valence-corrected chi connectivity index (χ3v) is 2.92. The van der Waals surface area contributed by atoms with Crippen LogP contribution in [0.4, 0.5) is 0 Å². The van der Waals surface area contributed by atoms with E-state index in [1.165, 1.54) is 0 Å². The molecule has 0 bridgehead atoms. The Kier molecular flexibility index (Phi) is 4.92. The second-order valence-electron chi connectivity index (χ2n) is 4.31. The van der Waals surface area contributed by atoms with E-state index in [1.54, 1.807) is 13.4 Å². The molecule has 0 spiro atoms. The van der Waals surface area contributed by atoms with Crippen molar-refractivity contribution >= 4 is 0 Å². The van der Waals surface area contributed by atoms with E-state index in [0.29, 0.717) is 6.54 Å². The highest BCUT2D eigenvalue weighted by molar-refractivity contribution is 5.32. The number of nitrogens with zero attached hydrogens (tertiary/aromatic N) is 3. The maximum Gasteiger partial charge on any atom is 0.140 e. The van der Waals surface area contributed by atoms with Gasteiger partial charge >= 0.3 is 0 Å². The lowest BCUT2D eigenvalue weighted by atomic mass is 10.2. The summed E-state index contributed by atoms with van der Waals surface area (Å²) in [6.07, 6.45) is 2.67. The fourth-order valence-corrected chi connectivity index (χ4v) is 1.98. The van der Waals surface area contributed by atoms with E-state index in [2.05, 4.69) is 28.4 Å². The van der Waals surface area contributed by atoms with Gasteiger partial charge in [0.2, 0.25) is 0 Å². The van der Waals surface area contributed by atoms with Crippen LogP contribution in [-0.2, 0) is 19.6 Å². The predicted octanol–water partition coefficient (Wildman–Crippen LogP) is 1.99. The molecule has 1 aromatic heterocycles. The Hall–Kier alpha value is -1.88. The Balaban J connectivity index is 1.91. The zero-order valence-electron chi connectivity index (χ0n) is 11.5. The molecule has 1 aromatic carbocycles. The molecule has 1 N–H and O–H groups in total. The van der Waals surface area contributed by atoms with Crippen LogP contribution >= 0.6 is 0 Å². The van der Waals surface area contributed by atoms with Crippen molar-refractivity contribution in [3.8, 4) is 5.75 Å². The number of aromatic nitrogens is 3. The van der Waals surface area contributed by atoms with Crippen LogP contribution in [-0.4, -0.2) is 21.9 Å². The minimum Gasteiger partial charge on any atom is -0.496 e. The van der Waals surface area contributed by atoms with Crippen LogP contribution in [0, 0.1) is 0 Å². The summed E-state index contributed by atoms with van der Waals surface area (Å²) < 4.78 is 7.26. The van der Waals surface area contributed by atoms with Gasteiger partial charge in [-0.25, -0.2) is 9.67 Å². The molecule has 0 atom stereocenters. The Morgan fingerprint density at radius 3 is 2.89 bits per heavy atom. The van der Waals surface area contributed by atoms with Crippen LogP contribution in [0.3, 0.4) is 0 Å². The van der Waals surface area contributed by atoms with E-state index in [4.69, 9.17) is 4.74 Å². The summed E-state index contributed by atoms with van der Waals surface area (Å²) >= 11 is 0. The largest absolute Gasteiger partial charge is 0.496 e. The number of methoxy groups -OCH3 is 1. The van der Waals surface area contributed by atoms with Crippen molar-refractivity contribution in [3.05, 3.63) is 42.0 Å². The molecule has 0 fully saturated rings. The highest BCUT2D eigenvalue weighted by atomic mass is 16.5. The molecule has 0 radical (unpaired) electrons. The normalized spacial score (nSPS) is 10.6. The van der Waals surface area contributed by atoms with Gasteiger partial charge in [0.25, 0.3) is 0 Å². The van der Waals surface area contributed by atoms with Crippen LogP contribution < -0.4 is 10.1 Å². The molecule has 0 saturated carbocycles. The van der Waals surface area contributed by atoms with Crippen molar-refractivity contribution in [1.82, 2.24) is 20.1 Å². The van der Waals surface area contributed by atoms with E-state index in [9.17, 15) is 0 Å². The molecule has 102 valence electrons. The van der Waals surface area contributed by atoms with Crippen molar-refractivity contribution in [2.45, 2.75) is 33.0 Å². The Morgan fingerprint density at radius 1 is 1.26 bits per heavy atom. The highest BCUT2D eigenvalue weighted by Gasteiger charge is 2.04. The first-order valence-electron chi connectivity index (χ1n) is 6.54. The van der Waals surface area contributed by atoms with Gasteiger partial charge in [-0.15, -0.1) is 0 Å². The summed E-state index contributed by atoms with van der Waals surface area (Å²) in [5, 5.41) is 7.58. The minimum atomic E-state index is 0.706. The second kappa shape index (κ2) is 6.89. The number of rotatable bonds is 7. The van der Waals surface area contributed by atoms with Crippen molar-refractivity contribution in [1.29, 1.82) is 0 Å². The number of ether oxygens (including phenoxy) is 1. The first kappa shape index (κ1) is 13.5. The van der Waals surface area contributed by atoms with Gasteiger partial charge in [0.05, 0.1) is 13.7 Å². The summed E-state index contributed by atoms with van der Waals surface area (Å²) in [5.41, 5.74) is 1.14. The van der Waals surface area contributed by atoms with E-state index < -0.39 is 0 Å². The molecular formula is C14H20N4O. The fraction of sp³-hybridized carbons (Fsp3) is 0.429. The van der Waals surface area contributed by atoms with E-state index in [0.717, 1.165) is 36.6 Å². The maximum atomic E-state index is 5.32. The van der Waals surface area contributed by atoms with Crippen molar-refractivity contribution in [2.24, 2.45) is 0 Å². The van der Waals surface area contributed by atoms with Gasteiger partial charge in [-0.1, -0.05) is 25.1 Å². The fourth-order valence-electron chi connectivity index (χ4n) is 1.98. The highest BCUT2D eigenvalue weighted by Crippen LogP contribution is 2.16. The number of hydrogen-bond acceptors (Lipinski definition) is 4. The SMILES string of the molecule is CCCn1ncnc1CNCc1ccccc1OC. The predicted molar refractivity (Wildman–Crippen MR) is 73.9 cm³/mol. The topological polar surface area (TPSA) is 52.0 Å². The molecule has 5 nitrogen and oxygen atoms in total. The number of nitrogens with one attached hydrogen (secondary N) is 1. The molecule has 0 aliphatic rings. The molecule has 2 rings (SSSR count). The van der Waals surface area contributed by atoms with Crippen molar-refractivity contribution in [3.63, 3.8) is 0 Å². The van der Waals surface area contributed by atoms with Crippen molar-refractivity contribution in [2.75, 3.05) is 7.11 Å². The first-order chi connectivity index (χ1) is 9.35. The minimum absolute atomic E-state index is 0.706. The van der Waals surface area contributed by atoms with Crippen LogP contribution in [0.15, 0.2) is 30.6 Å². The van der Waals surface area contributed by atoms with Crippen LogP contribution in [0.1, 0.15) is 24.7 Å². The molecule has 19 heavy (non-hydrogen) atoms. The van der Waals surface area contributed by atoms with Gasteiger partial charge in [-0.05, 0) is 12.5 Å². The average Bonchev–Trinajstić information content (AvgIpc) is 2.87. The van der Waals surface area contributed by atoms with Crippen LogP contribution in [0.5, 0.6) is 5.75 Å². The quantitative estimate of drug-likeness (QED) is 0.827. The zero-order valence-corrected chi connectivity index (χ0v) is 11.5. The third kappa shape index (κ3) is 3.54. The van der Waals surface area contributed by atoms with Crippen LogP contribution in [0.2, 0.25) is 0 Å². The molecule has 2 aromatic rings. The molecule has 0 aliphatic carbocycles. The summed E-state index contributed by atoms with van der Waals surface area (Å²) in [4.78, 5) is 4.27. The molecule has 0 saturated heterocycles. The molecule has 0 unspecified atom stereocenters. The summed E-state index contributed by atoms with van der Waals surface area (Å²) in [6.45, 7) is 4.50. The maximum absolute atomic E-state index is 5.32. The molecule has 5 heteroatoms. The van der Waals surface area contributed by atoms with Gasteiger partial charge in [0.15, 0.2) is 0 Å². The van der Waals surface area contributed by atoms with E-state index in [1.807, 2.05) is 22.9 Å². The standard InChI is InChI=1S/C14H20N4O/c1-3-8-18-14(16-11-17-18)10-15-9-12-6-4-5-7-13(12)19-2/h4-7,11,15H,3,8-10H2,1-2H3. The number of para-hydroxylation sites is 1.